The fourth-order valence-corrected chi connectivity index (χ4v) is 4.78. The van der Waals surface area contributed by atoms with Crippen molar-refractivity contribution in [2.45, 2.75) is 24.3 Å². The van der Waals surface area contributed by atoms with Crippen LogP contribution in [0.25, 0.3) is 0 Å². The Morgan fingerprint density at radius 3 is 1.25 bits per heavy atom. The lowest BCUT2D eigenvalue weighted by Gasteiger charge is -2.08. The molecule has 0 aliphatic carbocycles. The minimum Gasteiger partial charge on any atom is -0.215 e. The Balaban J connectivity index is 1.66. The molecule has 6 nitrogen and oxygen atoms in total. The SMILES string of the molecule is O=S(=O)(Cc1ccc(F)cc1)NCCCCNS(=O)(=O)Cc1ccc(F)cc1. The maximum absolute atomic E-state index is 12.8. The molecule has 0 atom stereocenters. The van der Waals surface area contributed by atoms with Crippen LogP contribution in [0.15, 0.2) is 48.5 Å². The molecule has 0 heterocycles. The van der Waals surface area contributed by atoms with Gasteiger partial charge in [-0.15, -0.1) is 0 Å². The van der Waals surface area contributed by atoms with Crippen LogP contribution in [0, 0.1) is 11.6 Å². The Labute approximate surface area is 164 Å². The monoisotopic (exact) mass is 432 g/mol. The molecule has 2 N–H and O–H groups in total. The summed E-state index contributed by atoms with van der Waals surface area (Å²) in [5.74, 6) is -1.37. The van der Waals surface area contributed by atoms with Crippen molar-refractivity contribution in [2.75, 3.05) is 13.1 Å². The van der Waals surface area contributed by atoms with E-state index < -0.39 is 31.7 Å². The molecule has 0 unspecified atom stereocenters. The predicted molar refractivity (Wildman–Crippen MR) is 103 cm³/mol. The summed E-state index contributed by atoms with van der Waals surface area (Å²) in [5, 5.41) is 0. The van der Waals surface area contributed by atoms with Gasteiger partial charge in [-0.3, -0.25) is 0 Å². The molecule has 28 heavy (non-hydrogen) atoms. The molecule has 2 aromatic rings. The molecule has 0 saturated heterocycles. The van der Waals surface area contributed by atoms with Crippen LogP contribution in [0.3, 0.4) is 0 Å². The average molecular weight is 433 g/mol. The predicted octanol–water partition coefficient (Wildman–Crippen LogP) is 2.28. The first-order valence-corrected chi connectivity index (χ1v) is 11.9. The van der Waals surface area contributed by atoms with E-state index in [2.05, 4.69) is 9.44 Å². The molecule has 2 aromatic carbocycles. The normalized spacial score (nSPS) is 12.2. The number of hydrogen-bond acceptors (Lipinski definition) is 4. The molecule has 10 heteroatoms. The van der Waals surface area contributed by atoms with E-state index in [0.29, 0.717) is 24.0 Å². The van der Waals surface area contributed by atoms with Gasteiger partial charge < -0.3 is 0 Å². The Hall–Kier alpha value is -1.88. The summed E-state index contributed by atoms with van der Waals surface area (Å²) >= 11 is 0. The van der Waals surface area contributed by atoms with E-state index in [4.69, 9.17) is 0 Å². The van der Waals surface area contributed by atoms with Gasteiger partial charge >= 0.3 is 0 Å². The zero-order chi connectivity index (χ0) is 20.6. The van der Waals surface area contributed by atoms with E-state index in [0.717, 1.165) is 0 Å². The van der Waals surface area contributed by atoms with Crippen LogP contribution in [0.1, 0.15) is 24.0 Å². The third-order valence-electron chi connectivity index (χ3n) is 3.79. The Morgan fingerprint density at radius 2 is 0.929 bits per heavy atom. The number of rotatable bonds is 11. The smallest absolute Gasteiger partial charge is 0.215 e. The van der Waals surface area contributed by atoms with Crippen molar-refractivity contribution >= 4 is 20.0 Å². The van der Waals surface area contributed by atoms with Crippen molar-refractivity contribution in [2.24, 2.45) is 0 Å². The van der Waals surface area contributed by atoms with Gasteiger partial charge in [0.05, 0.1) is 11.5 Å². The first kappa shape index (κ1) is 22.4. The topological polar surface area (TPSA) is 92.3 Å². The second-order valence-electron chi connectivity index (χ2n) is 6.27. The van der Waals surface area contributed by atoms with Crippen LogP contribution in [0.4, 0.5) is 8.78 Å². The van der Waals surface area contributed by atoms with Crippen LogP contribution < -0.4 is 9.44 Å². The van der Waals surface area contributed by atoms with Gasteiger partial charge in [0.2, 0.25) is 20.0 Å². The second kappa shape index (κ2) is 10.1. The van der Waals surface area contributed by atoms with Crippen molar-refractivity contribution in [3.63, 3.8) is 0 Å². The molecule has 154 valence electrons. The van der Waals surface area contributed by atoms with E-state index in [1.165, 1.54) is 48.5 Å². The van der Waals surface area contributed by atoms with Gasteiger partial charge in [0.15, 0.2) is 0 Å². The largest absolute Gasteiger partial charge is 0.215 e. The van der Waals surface area contributed by atoms with E-state index in [1.807, 2.05) is 0 Å². The van der Waals surface area contributed by atoms with Crippen molar-refractivity contribution in [3.8, 4) is 0 Å². The minimum atomic E-state index is -3.55. The summed E-state index contributed by atoms with van der Waals surface area (Å²) < 4.78 is 78.4. The molecule has 0 bridgehead atoms. The summed E-state index contributed by atoms with van der Waals surface area (Å²) in [6, 6.07) is 10.4. The first-order valence-electron chi connectivity index (χ1n) is 8.59. The van der Waals surface area contributed by atoms with E-state index in [1.54, 1.807) is 0 Å². The van der Waals surface area contributed by atoms with Gasteiger partial charge in [-0.1, -0.05) is 24.3 Å². The van der Waals surface area contributed by atoms with Crippen molar-refractivity contribution in [1.29, 1.82) is 0 Å². The molecule has 0 amide bonds. The van der Waals surface area contributed by atoms with Gasteiger partial charge in [0.1, 0.15) is 11.6 Å². The standard InChI is InChI=1S/C18H22F2N2O4S2/c19-17-7-3-15(4-8-17)13-27(23,24)21-11-1-2-12-22-28(25,26)14-16-5-9-18(20)10-6-16/h3-10,21-22H,1-2,11-14H2. The highest BCUT2D eigenvalue weighted by atomic mass is 32.2. The number of nitrogens with one attached hydrogen (secondary N) is 2. The minimum absolute atomic E-state index is 0.170. The number of halogens is 2. The van der Waals surface area contributed by atoms with E-state index in [-0.39, 0.29) is 24.6 Å². The maximum Gasteiger partial charge on any atom is 0.215 e. The molecule has 0 aliphatic heterocycles. The fraction of sp³-hybridized carbons (Fsp3) is 0.333. The van der Waals surface area contributed by atoms with Crippen LogP contribution >= 0.6 is 0 Å². The molecule has 0 spiro atoms. The molecular weight excluding hydrogens is 410 g/mol. The maximum atomic E-state index is 12.8. The Kier molecular flexibility index (Phi) is 8.05. The lowest BCUT2D eigenvalue weighted by Crippen LogP contribution is -2.28. The number of benzene rings is 2. The number of sulfonamides is 2. The molecule has 0 radical (unpaired) electrons. The molecular formula is C18H22F2N2O4S2. The van der Waals surface area contributed by atoms with Gasteiger partial charge in [-0.25, -0.2) is 35.1 Å². The molecule has 0 aliphatic rings. The molecule has 0 saturated carbocycles. The van der Waals surface area contributed by atoms with Crippen LogP contribution in [-0.4, -0.2) is 29.9 Å². The summed E-state index contributed by atoms with van der Waals surface area (Å²) in [5.41, 5.74) is 0.949. The van der Waals surface area contributed by atoms with Crippen molar-refractivity contribution in [3.05, 3.63) is 71.3 Å². The van der Waals surface area contributed by atoms with E-state index in [9.17, 15) is 25.6 Å². The van der Waals surface area contributed by atoms with Crippen LogP contribution in [0.5, 0.6) is 0 Å². The zero-order valence-electron chi connectivity index (χ0n) is 15.1. The second-order valence-corrected chi connectivity index (χ2v) is 9.88. The van der Waals surface area contributed by atoms with Crippen LogP contribution in [-0.2, 0) is 31.6 Å². The third-order valence-corrected chi connectivity index (χ3v) is 6.50. The number of unbranched alkanes of at least 4 members (excludes halogenated alkanes) is 1. The summed E-state index contributed by atoms with van der Waals surface area (Å²) in [6.45, 7) is 0.340. The summed E-state index contributed by atoms with van der Waals surface area (Å²) in [6.07, 6.45) is 0.892. The third kappa shape index (κ3) is 8.42. The number of hydrogen-bond donors (Lipinski definition) is 2. The highest BCUT2D eigenvalue weighted by Crippen LogP contribution is 2.08. The summed E-state index contributed by atoms with van der Waals surface area (Å²) in [7, 11) is -7.10. The highest BCUT2D eigenvalue weighted by Gasteiger charge is 2.12. The zero-order valence-corrected chi connectivity index (χ0v) is 16.7. The molecule has 0 fully saturated rings. The molecule has 2 rings (SSSR count). The lowest BCUT2D eigenvalue weighted by atomic mass is 10.2. The Morgan fingerprint density at radius 1 is 0.607 bits per heavy atom. The van der Waals surface area contributed by atoms with Crippen molar-refractivity contribution < 1.29 is 25.6 Å². The Bertz CT molecular complexity index is 880. The summed E-state index contributed by atoms with van der Waals surface area (Å²) in [4.78, 5) is 0. The first-order chi connectivity index (χ1) is 13.2. The quantitative estimate of drug-likeness (QED) is 0.533. The highest BCUT2D eigenvalue weighted by molar-refractivity contribution is 7.88. The van der Waals surface area contributed by atoms with Gasteiger partial charge in [-0.05, 0) is 48.2 Å². The van der Waals surface area contributed by atoms with E-state index >= 15 is 0 Å². The van der Waals surface area contributed by atoms with Gasteiger partial charge in [0.25, 0.3) is 0 Å². The van der Waals surface area contributed by atoms with Gasteiger partial charge in [-0.2, -0.15) is 0 Å². The lowest BCUT2D eigenvalue weighted by molar-refractivity contribution is 0.566. The van der Waals surface area contributed by atoms with Crippen LogP contribution in [0.2, 0.25) is 0 Å². The average Bonchev–Trinajstić information content (AvgIpc) is 2.61. The molecule has 0 aromatic heterocycles. The van der Waals surface area contributed by atoms with Crippen molar-refractivity contribution in [1.82, 2.24) is 9.44 Å². The fourth-order valence-electron chi connectivity index (χ4n) is 2.41. The van der Waals surface area contributed by atoms with Gasteiger partial charge in [0, 0.05) is 13.1 Å².